The van der Waals surface area contributed by atoms with Crippen LogP contribution in [0.5, 0.6) is 0 Å². The highest BCUT2D eigenvalue weighted by molar-refractivity contribution is 9.10. The Bertz CT molecular complexity index is 706. The van der Waals surface area contributed by atoms with E-state index in [4.69, 9.17) is 11.6 Å². The van der Waals surface area contributed by atoms with Crippen molar-refractivity contribution in [3.05, 3.63) is 68.2 Å². The second kappa shape index (κ2) is 6.69. The first kappa shape index (κ1) is 15.5. The molecule has 0 saturated heterocycles. The molecule has 0 aliphatic carbocycles. The minimum absolute atomic E-state index is 0.0518. The first-order valence-electron chi connectivity index (χ1n) is 5.91. The summed E-state index contributed by atoms with van der Waals surface area (Å²) in [6, 6.07) is 11.1. The Labute approximate surface area is 134 Å². The number of alkyl halides is 1. The summed E-state index contributed by atoms with van der Waals surface area (Å²) in [5.74, 6) is 0.0130. The number of non-ortho nitro benzene ring substituents is 1. The molecule has 0 unspecified atom stereocenters. The van der Waals surface area contributed by atoms with E-state index < -0.39 is 4.92 Å². The molecule has 0 radical (unpaired) electrons. The lowest BCUT2D eigenvalue weighted by Crippen LogP contribution is -2.12. The Morgan fingerprint density at radius 1 is 1.29 bits per heavy atom. The van der Waals surface area contributed by atoms with Crippen LogP contribution in [0.3, 0.4) is 0 Å². The number of hydrogen-bond acceptors (Lipinski definition) is 3. The average Bonchev–Trinajstić information content (AvgIpc) is 2.49. The molecule has 0 bridgehead atoms. The minimum Gasteiger partial charge on any atom is -0.321 e. The summed E-state index contributed by atoms with van der Waals surface area (Å²) >= 11 is 8.94. The van der Waals surface area contributed by atoms with Gasteiger partial charge in [0, 0.05) is 28.0 Å². The van der Waals surface area contributed by atoms with Crippen LogP contribution in [-0.4, -0.2) is 10.8 Å². The highest BCUT2D eigenvalue weighted by atomic mass is 79.9. The third kappa shape index (κ3) is 3.80. The normalized spacial score (nSPS) is 10.2. The summed E-state index contributed by atoms with van der Waals surface area (Å²) in [6.45, 7) is 0. The Morgan fingerprint density at radius 2 is 2.05 bits per heavy atom. The first-order valence-corrected chi connectivity index (χ1v) is 7.24. The van der Waals surface area contributed by atoms with Crippen molar-refractivity contribution in [2.45, 2.75) is 5.88 Å². The molecule has 1 N–H and O–H groups in total. The van der Waals surface area contributed by atoms with Crippen LogP contribution in [0.15, 0.2) is 46.9 Å². The maximum atomic E-state index is 12.1. The number of nitro benzene ring substituents is 1. The van der Waals surface area contributed by atoms with Gasteiger partial charge in [-0.1, -0.05) is 12.1 Å². The maximum Gasteiger partial charge on any atom is 0.270 e. The number of nitrogens with one attached hydrogen (secondary N) is 1. The number of amides is 1. The van der Waals surface area contributed by atoms with Gasteiger partial charge in [-0.25, -0.2) is 0 Å². The predicted molar refractivity (Wildman–Crippen MR) is 84.7 cm³/mol. The smallest absolute Gasteiger partial charge is 0.270 e. The van der Waals surface area contributed by atoms with E-state index in [1.54, 1.807) is 18.2 Å². The zero-order chi connectivity index (χ0) is 15.4. The first-order chi connectivity index (χ1) is 10.0. The number of nitro groups is 1. The molecule has 108 valence electrons. The maximum absolute atomic E-state index is 12.1. The summed E-state index contributed by atoms with van der Waals surface area (Å²) in [7, 11) is 0. The Kier molecular flexibility index (Phi) is 4.93. The highest BCUT2D eigenvalue weighted by Crippen LogP contribution is 2.27. The summed E-state index contributed by atoms with van der Waals surface area (Å²) in [5, 5.41) is 13.4. The monoisotopic (exact) mass is 368 g/mol. The van der Waals surface area contributed by atoms with Crippen molar-refractivity contribution in [3.8, 4) is 0 Å². The van der Waals surface area contributed by atoms with Crippen LogP contribution in [0.25, 0.3) is 0 Å². The van der Waals surface area contributed by atoms with Crippen molar-refractivity contribution in [2.75, 3.05) is 5.32 Å². The van der Waals surface area contributed by atoms with Crippen molar-refractivity contribution in [2.24, 2.45) is 0 Å². The van der Waals surface area contributed by atoms with Crippen LogP contribution in [0, 0.1) is 10.1 Å². The number of hydrogen-bond donors (Lipinski definition) is 1. The van der Waals surface area contributed by atoms with Crippen LogP contribution in [0.1, 0.15) is 15.9 Å². The topological polar surface area (TPSA) is 72.2 Å². The zero-order valence-corrected chi connectivity index (χ0v) is 13.0. The fourth-order valence-corrected chi connectivity index (χ4v) is 2.34. The molecule has 2 aromatic carbocycles. The van der Waals surface area contributed by atoms with Crippen molar-refractivity contribution >= 4 is 44.8 Å². The van der Waals surface area contributed by atoms with Crippen molar-refractivity contribution in [1.82, 2.24) is 0 Å². The second-order valence-electron chi connectivity index (χ2n) is 4.21. The molecule has 0 fully saturated rings. The van der Waals surface area contributed by atoms with Gasteiger partial charge >= 0.3 is 0 Å². The number of halogens is 2. The fourth-order valence-electron chi connectivity index (χ4n) is 1.71. The Hall–Kier alpha value is -1.92. The molecule has 0 atom stereocenters. The van der Waals surface area contributed by atoms with Gasteiger partial charge in [0.25, 0.3) is 11.6 Å². The third-order valence-electron chi connectivity index (χ3n) is 2.76. The summed E-state index contributed by atoms with van der Waals surface area (Å²) < 4.78 is 0.443. The third-order valence-corrected chi connectivity index (χ3v) is 3.72. The standard InChI is InChI=1S/C14H10BrClN2O3/c15-12-7-11(18(20)21)4-5-13(12)17-14(19)10-3-1-2-9(6-10)8-16/h1-7H,8H2,(H,17,19). The number of benzene rings is 2. The lowest BCUT2D eigenvalue weighted by atomic mass is 10.1. The summed E-state index contributed by atoms with van der Waals surface area (Å²) in [6.07, 6.45) is 0. The van der Waals surface area contributed by atoms with Crippen LogP contribution < -0.4 is 5.32 Å². The Morgan fingerprint density at radius 3 is 2.67 bits per heavy atom. The van der Waals surface area contributed by atoms with Gasteiger partial charge in [0.2, 0.25) is 0 Å². The van der Waals surface area contributed by atoms with E-state index in [9.17, 15) is 14.9 Å². The van der Waals surface area contributed by atoms with Crippen molar-refractivity contribution in [3.63, 3.8) is 0 Å². The van der Waals surface area contributed by atoms with E-state index in [1.165, 1.54) is 18.2 Å². The lowest BCUT2D eigenvalue weighted by Gasteiger charge is -2.08. The van der Waals surface area contributed by atoms with E-state index >= 15 is 0 Å². The number of rotatable bonds is 4. The second-order valence-corrected chi connectivity index (χ2v) is 5.33. The van der Waals surface area contributed by atoms with Crippen LogP contribution in [0.4, 0.5) is 11.4 Å². The largest absolute Gasteiger partial charge is 0.321 e. The summed E-state index contributed by atoms with van der Waals surface area (Å²) in [4.78, 5) is 22.3. The SMILES string of the molecule is O=C(Nc1ccc([N+](=O)[O-])cc1Br)c1cccc(CCl)c1. The Balaban J connectivity index is 2.21. The molecule has 7 heteroatoms. The van der Waals surface area contributed by atoms with Crippen LogP contribution >= 0.6 is 27.5 Å². The molecule has 0 spiro atoms. The molecule has 5 nitrogen and oxygen atoms in total. The molecule has 0 heterocycles. The number of anilines is 1. The highest BCUT2D eigenvalue weighted by Gasteiger charge is 2.12. The van der Waals surface area contributed by atoms with Gasteiger partial charge < -0.3 is 5.32 Å². The molecule has 0 aliphatic heterocycles. The number of carbonyl (C=O) groups excluding carboxylic acids is 1. The lowest BCUT2D eigenvalue weighted by molar-refractivity contribution is -0.384. The van der Waals surface area contributed by atoms with Gasteiger partial charge in [0.15, 0.2) is 0 Å². The molecular formula is C14H10BrClN2O3. The van der Waals surface area contributed by atoms with Crippen molar-refractivity contribution in [1.29, 1.82) is 0 Å². The van der Waals surface area contributed by atoms with Gasteiger partial charge in [-0.3, -0.25) is 14.9 Å². The van der Waals surface area contributed by atoms with Crippen molar-refractivity contribution < 1.29 is 9.72 Å². The molecule has 0 aromatic heterocycles. The molecule has 2 rings (SSSR count). The molecule has 2 aromatic rings. The van der Waals surface area contributed by atoms with Crippen LogP contribution in [0.2, 0.25) is 0 Å². The van der Waals surface area contributed by atoms with Crippen LogP contribution in [-0.2, 0) is 5.88 Å². The average molecular weight is 370 g/mol. The molecule has 0 aliphatic rings. The minimum atomic E-state index is -0.500. The molecule has 21 heavy (non-hydrogen) atoms. The van der Waals surface area contributed by atoms with E-state index in [0.717, 1.165) is 5.56 Å². The van der Waals surface area contributed by atoms with E-state index in [1.807, 2.05) is 6.07 Å². The van der Waals surface area contributed by atoms with E-state index in [2.05, 4.69) is 21.2 Å². The van der Waals surface area contributed by atoms with E-state index in [0.29, 0.717) is 21.6 Å². The predicted octanol–water partition coefficient (Wildman–Crippen LogP) is 4.35. The molecule has 0 saturated carbocycles. The van der Waals surface area contributed by atoms with Gasteiger partial charge in [-0.2, -0.15) is 0 Å². The summed E-state index contributed by atoms with van der Waals surface area (Å²) in [5.41, 5.74) is 1.72. The zero-order valence-electron chi connectivity index (χ0n) is 10.7. The van der Waals surface area contributed by atoms with Gasteiger partial charge in [-0.05, 0) is 39.7 Å². The van der Waals surface area contributed by atoms with E-state index in [-0.39, 0.29) is 11.6 Å². The van der Waals surface area contributed by atoms with Gasteiger partial charge in [0.1, 0.15) is 0 Å². The number of nitrogens with zero attached hydrogens (tertiary/aromatic N) is 1. The quantitative estimate of drug-likeness (QED) is 0.495. The molecule has 1 amide bonds. The van der Waals surface area contributed by atoms with Gasteiger partial charge in [-0.15, -0.1) is 11.6 Å². The fraction of sp³-hybridized carbons (Fsp3) is 0.0714. The van der Waals surface area contributed by atoms with Gasteiger partial charge in [0.05, 0.1) is 10.6 Å². The molecular weight excluding hydrogens is 360 g/mol. The number of carbonyl (C=O) groups is 1.